The number of rotatable bonds is 3. The lowest BCUT2D eigenvalue weighted by molar-refractivity contribution is 0.0294. The summed E-state index contributed by atoms with van der Waals surface area (Å²) in [5.74, 6) is 0. The van der Waals surface area contributed by atoms with Gasteiger partial charge in [0.2, 0.25) is 0 Å². The first-order valence-electron chi connectivity index (χ1n) is 7.80. The molecule has 2 aliphatic rings. The quantitative estimate of drug-likeness (QED) is 0.439. The van der Waals surface area contributed by atoms with E-state index < -0.39 is 13.9 Å². The van der Waals surface area contributed by atoms with Crippen molar-refractivity contribution in [3.05, 3.63) is 0 Å². The third kappa shape index (κ3) is 3.99. The molecule has 2 saturated heterocycles. The molecule has 1 amide bonds. The fraction of sp³-hybridized carbons (Fsp3) is 0.933. The van der Waals surface area contributed by atoms with Crippen molar-refractivity contribution in [1.29, 1.82) is 0 Å². The molecular weight excluding hydrogens is 318 g/mol. The number of fused-ring (bicyclic) bond motifs is 1. The van der Waals surface area contributed by atoms with Gasteiger partial charge in [-0.05, 0) is 50.9 Å². The Bertz CT molecular complexity index is 444. The fourth-order valence-electron chi connectivity index (χ4n) is 1.95. The number of hydrogen-bond acceptors (Lipinski definition) is 5. The van der Waals surface area contributed by atoms with E-state index in [1.54, 1.807) is 4.31 Å². The summed E-state index contributed by atoms with van der Waals surface area (Å²) in [4.78, 5) is 12.3. The predicted molar refractivity (Wildman–Crippen MR) is 91.3 cm³/mol. The van der Waals surface area contributed by atoms with Crippen LogP contribution in [0.15, 0.2) is 0 Å². The van der Waals surface area contributed by atoms with Gasteiger partial charge < -0.3 is 13.9 Å². The number of hydrogen-bond donors (Lipinski definition) is 0. The van der Waals surface area contributed by atoms with E-state index in [4.69, 9.17) is 13.9 Å². The maximum Gasteiger partial charge on any atom is 0.420 e. The second-order valence-electron chi connectivity index (χ2n) is 8.52. The SMILES string of the molecule is CC(C)(C)OC(=O)N1SC2OC2C1CO[Si](C)(C)C(C)(C)C. The molecule has 22 heavy (non-hydrogen) atoms. The zero-order chi connectivity index (χ0) is 16.9. The van der Waals surface area contributed by atoms with Gasteiger partial charge in [-0.1, -0.05) is 20.8 Å². The lowest BCUT2D eigenvalue weighted by Crippen LogP contribution is -2.47. The summed E-state index contributed by atoms with van der Waals surface area (Å²) in [6.45, 7) is 17.2. The minimum Gasteiger partial charge on any atom is -0.443 e. The largest absolute Gasteiger partial charge is 0.443 e. The molecule has 3 unspecified atom stereocenters. The lowest BCUT2D eigenvalue weighted by atomic mass is 10.2. The van der Waals surface area contributed by atoms with E-state index in [1.807, 2.05) is 20.8 Å². The summed E-state index contributed by atoms with van der Waals surface area (Å²) in [5.41, 5.74) is -0.406. The number of ether oxygens (including phenoxy) is 2. The molecule has 7 heteroatoms. The lowest BCUT2D eigenvalue weighted by Gasteiger charge is -2.38. The number of carbonyl (C=O) groups is 1. The summed E-state index contributed by atoms with van der Waals surface area (Å²) in [5, 5.41) is 0.152. The van der Waals surface area contributed by atoms with E-state index in [0.29, 0.717) is 6.61 Å². The number of epoxide rings is 1. The molecule has 2 fully saturated rings. The Morgan fingerprint density at radius 1 is 1.23 bits per heavy atom. The van der Waals surface area contributed by atoms with Crippen LogP contribution in [-0.2, 0) is 13.9 Å². The maximum absolute atomic E-state index is 12.3. The van der Waals surface area contributed by atoms with Crippen molar-refractivity contribution >= 4 is 26.4 Å². The average Bonchev–Trinajstić information content (AvgIpc) is 2.96. The van der Waals surface area contributed by atoms with Crippen LogP contribution in [0.1, 0.15) is 41.5 Å². The molecule has 0 radical (unpaired) electrons. The topological polar surface area (TPSA) is 51.3 Å². The van der Waals surface area contributed by atoms with E-state index in [1.165, 1.54) is 11.9 Å². The molecule has 0 aliphatic carbocycles. The zero-order valence-corrected chi connectivity index (χ0v) is 16.7. The second-order valence-corrected chi connectivity index (χ2v) is 14.4. The molecule has 0 aromatic heterocycles. The fourth-order valence-corrected chi connectivity index (χ4v) is 4.13. The molecule has 2 heterocycles. The van der Waals surface area contributed by atoms with Crippen LogP contribution in [0, 0.1) is 0 Å². The average molecular weight is 348 g/mol. The van der Waals surface area contributed by atoms with E-state index in [-0.39, 0.29) is 28.7 Å². The second kappa shape index (κ2) is 5.68. The van der Waals surface area contributed by atoms with Crippen LogP contribution in [0.5, 0.6) is 0 Å². The summed E-state index contributed by atoms with van der Waals surface area (Å²) >= 11 is 1.43. The number of carbonyl (C=O) groups excluding carboxylic acids is 1. The van der Waals surface area contributed by atoms with E-state index >= 15 is 0 Å². The highest BCUT2D eigenvalue weighted by molar-refractivity contribution is 7.98. The van der Waals surface area contributed by atoms with Crippen LogP contribution < -0.4 is 0 Å². The first-order chi connectivity index (χ1) is 9.82. The molecule has 0 aromatic carbocycles. The van der Waals surface area contributed by atoms with E-state index in [2.05, 4.69) is 33.9 Å². The van der Waals surface area contributed by atoms with Gasteiger partial charge in [0.05, 0.1) is 12.6 Å². The zero-order valence-electron chi connectivity index (χ0n) is 14.9. The van der Waals surface area contributed by atoms with Gasteiger partial charge in [0.15, 0.2) is 13.8 Å². The van der Waals surface area contributed by atoms with Crippen molar-refractivity contribution in [2.75, 3.05) is 6.61 Å². The third-order valence-electron chi connectivity index (χ3n) is 4.38. The van der Waals surface area contributed by atoms with Gasteiger partial charge in [0.25, 0.3) is 0 Å². The molecule has 128 valence electrons. The van der Waals surface area contributed by atoms with Crippen molar-refractivity contribution in [2.45, 2.75) is 82.9 Å². The van der Waals surface area contributed by atoms with Crippen molar-refractivity contribution in [2.24, 2.45) is 0 Å². The summed E-state index contributed by atoms with van der Waals surface area (Å²) < 4.78 is 19.0. The van der Waals surface area contributed by atoms with Crippen LogP contribution in [0.25, 0.3) is 0 Å². The van der Waals surface area contributed by atoms with Crippen LogP contribution in [0.3, 0.4) is 0 Å². The number of nitrogens with zero attached hydrogens (tertiary/aromatic N) is 1. The Kier molecular flexibility index (Phi) is 4.68. The smallest absolute Gasteiger partial charge is 0.420 e. The van der Waals surface area contributed by atoms with Crippen LogP contribution in [0.4, 0.5) is 4.79 Å². The highest BCUT2D eigenvalue weighted by Gasteiger charge is 2.59. The molecule has 0 spiro atoms. The summed E-state index contributed by atoms with van der Waals surface area (Å²) in [6, 6.07) is -0.0565. The predicted octanol–water partition coefficient (Wildman–Crippen LogP) is 4.00. The Hall–Kier alpha value is -0.243. The Morgan fingerprint density at radius 2 is 1.82 bits per heavy atom. The minimum atomic E-state index is -1.84. The normalized spacial score (nSPS) is 28.5. The Morgan fingerprint density at radius 3 is 2.32 bits per heavy atom. The van der Waals surface area contributed by atoms with Crippen molar-refractivity contribution in [3.63, 3.8) is 0 Å². The highest BCUT2D eigenvalue weighted by Crippen LogP contribution is 2.49. The molecule has 0 aromatic rings. The first kappa shape index (κ1) is 18.1. The van der Waals surface area contributed by atoms with Crippen LogP contribution >= 0.6 is 11.9 Å². The van der Waals surface area contributed by atoms with Gasteiger partial charge in [-0.25, -0.2) is 9.10 Å². The van der Waals surface area contributed by atoms with Gasteiger partial charge >= 0.3 is 6.09 Å². The molecule has 0 bridgehead atoms. The highest BCUT2D eigenvalue weighted by atomic mass is 32.2. The Balaban J connectivity index is 1.98. The van der Waals surface area contributed by atoms with E-state index in [0.717, 1.165) is 0 Å². The number of amides is 1. The third-order valence-corrected chi connectivity index (χ3v) is 10.1. The monoisotopic (exact) mass is 347 g/mol. The van der Waals surface area contributed by atoms with Crippen LogP contribution in [-0.4, -0.2) is 48.5 Å². The van der Waals surface area contributed by atoms with E-state index in [9.17, 15) is 4.79 Å². The van der Waals surface area contributed by atoms with Crippen molar-refractivity contribution in [1.82, 2.24) is 4.31 Å². The van der Waals surface area contributed by atoms with Gasteiger partial charge in [-0.3, -0.25) is 0 Å². The standard InChI is InChI=1S/C15H29NO4SSi/c1-14(2,3)20-13(17)16-10(11-12(19-11)21-16)9-18-22(7,8)15(4,5)6/h10-12H,9H2,1-8H3. The Labute approximate surface area is 139 Å². The van der Waals surface area contributed by atoms with Crippen molar-refractivity contribution < 1.29 is 18.7 Å². The van der Waals surface area contributed by atoms with Gasteiger partial charge in [-0.15, -0.1) is 0 Å². The van der Waals surface area contributed by atoms with Gasteiger partial charge in [-0.2, -0.15) is 0 Å². The summed E-state index contributed by atoms with van der Waals surface area (Å²) in [7, 11) is -1.84. The molecule has 0 N–H and O–H groups in total. The van der Waals surface area contributed by atoms with Crippen LogP contribution in [0.2, 0.25) is 18.1 Å². The molecule has 0 saturated carbocycles. The van der Waals surface area contributed by atoms with Gasteiger partial charge in [0.1, 0.15) is 11.7 Å². The first-order valence-corrected chi connectivity index (χ1v) is 11.5. The van der Waals surface area contributed by atoms with Crippen molar-refractivity contribution in [3.8, 4) is 0 Å². The molecular formula is C15H29NO4SSi. The molecule has 2 aliphatic heterocycles. The molecule has 3 atom stereocenters. The maximum atomic E-state index is 12.3. The minimum absolute atomic E-state index is 0.0565. The molecule has 5 nitrogen and oxygen atoms in total. The van der Waals surface area contributed by atoms with Gasteiger partial charge in [0, 0.05) is 0 Å². The summed E-state index contributed by atoms with van der Waals surface area (Å²) in [6.07, 6.45) is -0.209. The molecule has 2 rings (SSSR count).